The Morgan fingerprint density at radius 3 is 2.59 bits per heavy atom. The third-order valence-electron chi connectivity index (χ3n) is 4.30. The maximum atomic E-state index is 12.9. The molecule has 0 unspecified atom stereocenters. The number of aryl methyl sites for hydroxylation is 1. The second-order valence-corrected chi connectivity index (χ2v) is 7.58. The first-order valence-corrected chi connectivity index (χ1v) is 9.76. The van der Waals surface area contributed by atoms with E-state index in [1.54, 1.807) is 28.0 Å². The number of thiophene rings is 1. The highest BCUT2D eigenvalue weighted by molar-refractivity contribution is 7.21. The molecule has 0 spiro atoms. The number of halogens is 1. The van der Waals surface area contributed by atoms with Crippen molar-refractivity contribution in [2.24, 2.45) is 0 Å². The Bertz CT molecular complexity index is 1130. The molecule has 0 saturated carbocycles. The standard InChI is InChI=1S/C21H17ClN2O2S/c1-14-23-20-18(13-19(27-20)15-5-3-2-4-6-15)21(25)24(14)11-12-26-17-9-7-16(22)8-10-17/h2-10,13H,11-12H2,1H3. The summed E-state index contributed by atoms with van der Waals surface area (Å²) >= 11 is 7.42. The highest BCUT2D eigenvalue weighted by atomic mass is 35.5. The van der Waals surface area contributed by atoms with E-state index in [0.29, 0.717) is 29.4 Å². The summed E-state index contributed by atoms with van der Waals surface area (Å²) in [5, 5.41) is 1.31. The summed E-state index contributed by atoms with van der Waals surface area (Å²) in [6.07, 6.45) is 0. The summed E-state index contributed by atoms with van der Waals surface area (Å²) in [5.41, 5.74) is 1.06. The van der Waals surface area contributed by atoms with Crippen molar-refractivity contribution in [3.8, 4) is 16.2 Å². The molecule has 2 aromatic carbocycles. The number of hydrogen-bond donors (Lipinski definition) is 0. The van der Waals surface area contributed by atoms with Crippen molar-refractivity contribution in [1.29, 1.82) is 0 Å². The normalized spacial score (nSPS) is 11.0. The minimum Gasteiger partial charge on any atom is -0.492 e. The van der Waals surface area contributed by atoms with Crippen LogP contribution in [0.15, 0.2) is 65.5 Å². The Labute approximate surface area is 165 Å². The first-order valence-electron chi connectivity index (χ1n) is 8.56. The lowest BCUT2D eigenvalue weighted by molar-refractivity contribution is 0.294. The molecular formula is C21H17ClN2O2S. The van der Waals surface area contributed by atoms with Crippen molar-refractivity contribution in [1.82, 2.24) is 9.55 Å². The minimum absolute atomic E-state index is 0.0318. The fraction of sp³-hybridized carbons (Fsp3) is 0.143. The van der Waals surface area contributed by atoms with Gasteiger partial charge in [-0.3, -0.25) is 9.36 Å². The van der Waals surface area contributed by atoms with Gasteiger partial charge in [-0.25, -0.2) is 4.98 Å². The molecule has 0 bridgehead atoms. The van der Waals surface area contributed by atoms with Gasteiger partial charge in [0.1, 0.15) is 23.0 Å². The number of hydrogen-bond acceptors (Lipinski definition) is 4. The fourth-order valence-corrected chi connectivity index (χ4v) is 4.11. The molecule has 6 heteroatoms. The maximum Gasteiger partial charge on any atom is 0.262 e. The third-order valence-corrected chi connectivity index (χ3v) is 5.63. The largest absolute Gasteiger partial charge is 0.492 e. The number of fused-ring (bicyclic) bond motifs is 1. The minimum atomic E-state index is -0.0318. The molecular weight excluding hydrogens is 380 g/mol. The molecule has 0 amide bonds. The van der Waals surface area contributed by atoms with Gasteiger partial charge in [0.25, 0.3) is 5.56 Å². The van der Waals surface area contributed by atoms with Gasteiger partial charge in [-0.1, -0.05) is 41.9 Å². The molecule has 0 aliphatic rings. The summed E-state index contributed by atoms with van der Waals surface area (Å²) < 4.78 is 7.38. The molecule has 2 heterocycles. The summed E-state index contributed by atoms with van der Waals surface area (Å²) in [5.74, 6) is 1.41. The van der Waals surface area contributed by atoms with Gasteiger partial charge in [-0.05, 0) is 42.8 Å². The maximum absolute atomic E-state index is 12.9. The van der Waals surface area contributed by atoms with Crippen LogP contribution in [0, 0.1) is 6.92 Å². The molecule has 136 valence electrons. The van der Waals surface area contributed by atoms with Crippen molar-refractivity contribution in [3.63, 3.8) is 0 Å². The van der Waals surface area contributed by atoms with Crippen molar-refractivity contribution in [2.45, 2.75) is 13.5 Å². The van der Waals surface area contributed by atoms with Crippen molar-refractivity contribution in [3.05, 3.63) is 81.9 Å². The molecule has 0 saturated heterocycles. The quantitative estimate of drug-likeness (QED) is 0.467. The molecule has 4 rings (SSSR count). The lowest BCUT2D eigenvalue weighted by Gasteiger charge is -2.10. The van der Waals surface area contributed by atoms with Gasteiger partial charge in [0.05, 0.1) is 11.9 Å². The van der Waals surface area contributed by atoms with Gasteiger partial charge in [-0.15, -0.1) is 11.3 Å². The second-order valence-electron chi connectivity index (χ2n) is 6.11. The van der Waals surface area contributed by atoms with Crippen LogP contribution in [0.4, 0.5) is 0 Å². The highest BCUT2D eigenvalue weighted by Gasteiger charge is 2.13. The average Bonchev–Trinajstić information content (AvgIpc) is 3.11. The van der Waals surface area contributed by atoms with Gasteiger partial charge in [0.15, 0.2) is 0 Å². The molecule has 0 aliphatic heterocycles. The van der Waals surface area contributed by atoms with Gasteiger partial charge in [-0.2, -0.15) is 0 Å². The molecule has 0 fully saturated rings. The number of benzene rings is 2. The van der Waals surface area contributed by atoms with Gasteiger partial charge in [0, 0.05) is 9.90 Å². The Balaban J connectivity index is 1.59. The Kier molecular flexibility index (Phi) is 4.97. The number of rotatable bonds is 5. The Hall–Kier alpha value is -2.63. The third kappa shape index (κ3) is 3.75. The smallest absolute Gasteiger partial charge is 0.262 e. The van der Waals surface area contributed by atoms with E-state index in [1.807, 2.05) is 55.5 Å². The first kappa shape index (κ1) is 17.8. The molecule has 4 nitrogen and oxygen atoms in total. The van der Waals surface area contributed by atoms with E-state index in [0.717, 1.165) is 21.0 Å². The van der Waals surface area contributed by atoms with Crippen molar-refractivity contribution in [2.75, 3.05) is 6.61 Å². The van der Waals surface area contributed by atoms with E-state index in [-0.39, 0.29) is 5.56 Å². The SMILES string of the molecule is Cc1nc2sc(-c3ccccc3)cc2c(=O)n1CCOc1ccc(Cl)cc1. The van der Waals surface area contributed by atoms with E-state index in [1.165, 1.54) is 0 Å². The van der Waals surface area contributed by atoms with Crippen LogP contribution in [0.1, 0.15) is 5.82 Å². The monoisotopic (exact) mass is 396 g/mol. The van der Waals surface area contributed by atoms with Crippen LogP contribution < -0.4 is 10.3 Å². The van der Waals surface area contributed by atoms with Crippen LogP contribution in [-0.2, 0) is 6.54 Å². The molecule has 27 heavy (non-hydrogen) atoms. The molecule has 0 radical (unpaired) electrons. The summed E-state index contributed by atoms with van der Waals surface area (Å²) in [6, 6.07) is 19.1. The van der Waals surface area contributed by atoms with Crippen LogP contribution in [-0.4, -0.2) is 16.2 Å². The zero-order chi connectivity index (χ0) is 18.8. The van der Waals surface area contributed by atoms with Crippen molar-refractivity contribution < 1.29 is 4.74 Å². The zero-order valence-corrected chi connectivity index (χ0v) is 16.3. The summed E-state index contributed by atoms with van der Waals surface area (Å²) in [4.78, 5) is 19.4. The van der Waals surface area contributed by atoms with Crippen LogP contribution in [0.3, 0.4) is 0 Å². The molecule has 0 aliphatic carbocycles. The predicted octanol–water partition coefficient (Wildman–Crippen LogP) is 5.17. The van der Waals surface area contributed by atoms with Crippen LogP contribution >= 0.6 is 22.9 Å². The average molecular weight is 397 g/mol. The zero-order valence-electron chi connectivity index (χ0n) is 14.7. The van der Waals surface area contributed by atoms with Crippen molar-refractivity contribution >= 4 is 33.2 Å². The second kappa shape index (κ2) is 7.55. The van der Waals surface area contributed by atoms with Gasteiger partial charge < -0.3 is 4.74 Å². The molecule has 4 aromatic rings. The number of nitrogens with zero attached hydrogens (tertiary/aromatic N) is 2. The van der Waals surface area contributed by atoms with E-state index in [9.17, 15) is 4.79 Å². The lowest BCUT2D eigenvalue weighted by atomic mass is 10.2. The van der Waals surface area contributed by atoms with E-state index < -0.39 is 0 Å². The topological polar surface area (TPSA) is 44.1 Å². The summed E-state index contributed by atoms with van der Waals surface area (Å²) in [7, 11) is 0. The number of aromatic nitrogens is 2. The molecule has 2 aromatic heterocycles. The first-order chi connectivity index (χ1) is 13.1. The summed E-state index contributed by atoms with van der Waals surface area (Å²) in [6.45, 7) is 2.67. The molecule has 0 atom stereocenters. The van der Waals surface area contributed by atoms with Crippen LogP contribution in [0.2, 0.25) is 5.02 Å². The van der Waals surface area contributed by atoms with E-state index in [4.69, 9.17) is 16.3 Å². The van der Waals surface area contributed by atoms with Gasteiger partial charge >= 0.3 is 0 Å². The Morgan fingerprint density at radius 2 is 1.85 bits per heavy atom. The van der Waals surface area contributed by atoms with Crippen LogP contribution in [0.25, 0.3) is 20.7 Å². The van der Waals surface area contributed by atoms with E-state index in [2.05, 4.69) is 4.98 Å². The fourth-order valence-electron chi connectivity index (χ4n) is 2.91. The Morgan fingerprint density at radius 1 is 1.11 bits per heavy atom. The lowest BCUT2D eigenvalue weighted by Crippen LogP contribution is -2.26. The highest BCUT2D eigenvalue weighted by Crippen LogP contribution is 2.30. The van der Waals surface area contributed by atoms with E-state index >= 15 is 0 Å². The predicted molar refractivity (Wildman–Crippen MR) is 111 cm³/mol. The van der Waals surface area contributed by atoms with Crippen LogP contribution in [0.5, 0.6) is 5.75 Å². The number of ether oxygens (including phenoxy) is 1. The van der Waals surface area contributed by atoms with Gasteiger partial charge in [0.2, 0.25) is 0 Å². The molecule has 0 N–H and O–H groups in total.